The fourth-order valence-electron chi connectivity index (χ4n) is 5.10. The summed E-state index contributed by atoms with van der Waals surface area (Å²) in [6.45, 7) is 5.40. The molecule has 0 saturated heterocycles. The van der Waals surface area contributed by atoms with Gasteiger partial charge in [-0.15, -0.1) is 0 Å². The van der Waals surface area contributed by atoms with Gasteiger partial charge in [0.15, 0.2) is 17.7 Å². The first-order valence-corrected chi connectivity index (χ1v) is 13.9. The molecule has 0 spiro atoms. The van der Waals surface area contributed by atoms with Crippen molar-refractivity contribution in [1.82, 2.24) is 20.6 Å². The molecule has 2 heterocycles. The zero-order valence-corrected chi connectivity index (χ0v) is 23.7. The van der Waals surface area contributed by atoms with E-state index in [9.17, 15) is 14.4 Å². The third-order valence-electron chi connectivity index (χ3n) is 7.36. The number of benzene rings is 2. The number of amides is 1. The molecule has 209 valence electrons. The van der Waals surface area contributed by atoms with Crippen LogP contribution in [-0.2, 0) is 16.0 Å². The number of carbonyl (C=O) groups is 3. The van der Waals surface area contributed by atoms with Crippen molar-refractivity contribution in [3.05, 3.63) is 71.0 Å². The fraction of sp³-hybridized carbons (Fsp3) is 0.375. The van der Waals surface area contributed by atoms with Gasteiger partial charge in [-0.1, -0.05) is 38.0 Å². The molecule has 0 unspecified atom stereocenters. The maximum Gasteiger partial charge on any atom is 0.319 e. The number of amidine groups is 1. The Labute approximate surface area is 235 Å². The van der Waals surface area contributed by atoms with Gasteiger partial charge < -0.3 is 15.0 Å². The lowest BCUT2D eigenvalue weighted by Gasteiger charge is -2.16. The van der Waals surface area contributed by atoms with Gasteiger partial charge in [0, 0.05) is 40.6 Å². The third-order valence-corrected chi connectivity index (χ3v) is 7.36. The van der Waals surface area contributed by atoms with Crippen molar-refractivity contribution in [3.8, 4) is 5.75 Å². The number of unbranched alkanes of at least 4 members (excludes halogenated alkanes) is 2. The van der Waals surface area contributed by atoms with Crippen LogP contribution in [0, 0.1) is 6.92 Å². The van der Waals surface area contributed by atoms with Gasteiger partial charge in [-0.25, -0.2) is 5.32 Å². The van der Waals surface area contributed by atoms with Crippen molar-refractivity contribution in [3.63, 3.8) is 0 Å². The number of ether oxygens (including phenoxy) is 1. The van der Waals surface area contributed by atoms with E-state index in [0.717, 1.165) is 58.4 Å². The van der Waals surface area contributed by atoms with E-state index in [1.54, 1.807) is 26.3 Å². The molecule has 40 heavy (non-hydrogen) atoms. The quantitative estimate of drug-likeness (QED) is 0.196. The minimum absolute atomic E-state index is 0.0241. The Morgan fingerprint density at radius 3 is 2.62 bits per heavy atom. The van der Waals surface area contributed by atoms with Gasteiger partial charge in [0.2, 0.25) is 5.91 Å². The van der Waals surface area contributed by atoms with E-state index in [-0.39, 0.29) is 29.9 Å². The number of aromatic amines is 1. The molecule has 0 bridgehead atoms. The summed E-state index contributed by atoms with van der Waals surface area (Å²) < 4.78 is 5.39. The van der Waals surface area contributed by atoms with Crippen molar-refractivity contribution < 1.29 is 19.1 Å². The first-order chi connectivity index (χ1) is 19.3. The summed E-state index contributed by atoms with van der Waals surface area (Å²) >= 11 is 0. The molecule has 0 aliphatic carbocycles. The fourth-order valence-corrected chi connectivity index (χ4v) is 5.10. The molecule has 0 fully saturated rings. The van der Waals surface area contributed by atoms with Crippen molar-refractivity contribution in [2.45, 2.75) is 71.8 Å². The van der Waals surface area contributed by atoms with Crippen molar-refractivity contribution in [2.24, 2.45) is 0 Å². The van der Waals surface area contributed by atoms with E-state index < -0.39 is 0 Å². The lowest BCUT2D eigenvalue weighted by Crippen LogP contribution is -2.47. The summed E-state index contributed by atoms with van der Waals surface area (Å²) in [4.78, 5) is 45.2. The van der Waals surface area contributed by atoms with Crippen LogP contribution in [-0.4, -0.2) is 41.4 Å². The number of aliphatic imine (C=N–C) groups is 1. The number of hydrogen-bond donors (Lipinski definition) is 3. The van der Waals surface area contributed by atoms with Crippen LogP contribution in [0.2, 0.25) is 0 Å². The highest BCUT2D eigenvalue weighted by Gasteiger charge is 2.32. The monoisotopic (exact) mass is 542 g/mol. The summed E-state index contributed by atoms with van der Waals surface area (Å²) in [5.41, 5.74) is 4.95. The SMILES string of the molecule is CCC(=O)CCCCC[C@H](NC(=O)Cc1c(C)[nH]c2ccc(OC)cc12)C1=[N+]C=C(c2ccccc2C(C)=O)N1. The number of fused-ring (bicyclic) bond motifs is 1. The number of nitrogens with one attached hydrogen (secondary N) is 3. The van der Waals surface area contributed by atoms with Gasteiger partial charge in [0.1, 0.15) is 17.6 Å². The lowest BCUT2D eigenvalue weighted by molar-refractivity contribution is -0.121. The van der Waals surface area contributed by atoms with E-state index in [2.05, 4.69) is 20.6 Å². The Balaban J connectivity index is 1.48. The predicted molar refractivity (Wildman–Crippen MR) is 158 cm³/mol. The second-order valence-electron chi connectivity index (χ2n) is 10.2. The smallest absolute Gasteiger partial charge is 0.319 e. The Hall–Kier alpha value is -4.20. The molecule has 8 heteroatoms. The molecule has 1 atom stereocenters. The molecule has 1 radical (unpaired) electrons. The second-order valence-corrected chi connectivity index (χ2v) is 10.2. The number of carbonyl (C=O) groups excluding carboxylic acids is 3. The first-order valence-electron chi connectivity index (χ1n) is 13.9. The van der Waals surface area contributed by atoms with E-state index >= 15 is 0 Å². The van der Waals surface area contributed by atoms with Gasteiger partial charge in [-0.2, -0.15) is 0 Å². The number of nitrogens with zero attached hydrogens (tertiary/aromatic N) is 1. The van der Waals surface area contributed by atoms with Gasteiger partial charge >= 0.3 is 5.84 Å². The number of aromatic nitrogens is 1. The van der Waals surface area contributed by atoms with Crippen LogP contribution in [0.5, 0.6) is 5.75 Å². The Kier molecular flexibility index (Phi) is 9.53. The second kappa shape index (κ2) is 13.2. The summed E-state index contributed by atoms with van der Waals surface area (Å²) in [6.07, 6.45) is 6.31. The van der Waals surface area contributed by atoms with E-state index in [4.69, 9.17) is 4.74 Å². The van der Waals surface area contributed by atoms with Crippen molar-refractivity contribution in [1.29, 1.82) is 0 Å². The van der Waals surface area contributed by atoms with Gasteiger partial charge in [0.25, 0.3) is 0 Å². The molecular weight excluding hydrogens is 504 g/mol. The van der Waals surface area contributed by atoms with Crippen molar-refractivity contribution in [2.75, 3.05) is 7.11 Å². The highest BCUT2D eigenvalue weighted by Crippen LogP contribution is 2.27. The number of hydrogen-bond acceptors (Lipinski definition) is 6. The maximum atomic E-state index is 13.4. The molecule has 2 aromatic carbocycles. The zero-order valence-electron chi connectivity index (χ0n) is 23.7. The third kappa shape index (κ3) is 6.86. The molecular formula is C32H38N4O4+. The van der Waals surface area contributed by atoms with Gasteiger partial charge in [0.05, 0.1) is 13.5 Å². The van der Waals surface area contributed by atoms with Crippen molar-refractivity contribution >= 4 is 39.9 Å². The van der Waals surface area contributed by atoms with Gasteiger partial charge in [-0.3, -0.25) is 14.4 Å². The Morgan fingerprint density at radius 2 is 1.88 bits per heavy atom. The predicted octanol–water partition coefficient (Wildman–Crippen LogP) is 4.98. The number of methoxy groups -OCH3 is 1. The lowest BCUT2D eigenvalue weighted by atomic mass is 10.0. The molecule has 3 N–H and O–H groups in total. The minimum Gasteiger partial charge on any atom is -0.497 e. The van der Waals surface area contributed by atoms with Crippen LogP contribution in [0.4, 0.5) is 0 Å². The van der Waals surface area contributed by atoms with Crippen LogP contribution in [0.3, 0.4) is 0 Å². The Bertz CT molecular complexity index is 1470. The van der Waals surface area contributed by atoms with E-state index in [0.29, 0.717) is 30.7 Å². The molecule has 0 saturated carbocycles. The summed E-state index contributed by atoms with van der Waals surface area (Å²) in [6, 6.07) is 12.9. The average molecular weight is 543 g/mol. The van der Waals surface area contributed by atoms with Crippen LogP contribution in [0.25, 0.3) is 16.6 Å². The summed E-state index contributed by atoms with van der Waals surface area (Å²) in [5, 5.41) is 7.52. The minimum atomic E-state index is -0.340. The molecule has 3 aromatic rings. The number of H-pyrrole nitrogens is 1. The number of ketones is 2. The van der Waals surface area contributed by atoms with Crippen LogP contribution in [0.1, 0.15) is 79.6 Å². The molecule has 1 aliphatic rings. The van der Waals surface area contributed by atoms with E-state index in [1.807, 2.05) is 50.2 Å². The highest BCUT2D eigenvalue weighted by molar-refractivity contribution is 6.04. The number of Topliss-reactive ketones (excluding diaryl/α,β-unsaturated/α-hetero) is 2. The van der Waals surface area contributed by atoms with Crippen LogP contribution < -0.4 is 20.4 Å². The first kappa shape index (κ1) is 28.8. The molecule has 1 amide bonds. The highest BCUT2D eigenvalue weighted by atomic mass is 16.5. The normalized spacial score (nSPS) is 13.4. The average Bonchev–Trinajstić information content (AvgIpc) is 3.56. The number of rotatable bonds is 14. The number of aryl methyl sites for hydroxylation is 1. The van der Waals surface area contributed by atoms with Crippen LogP contribution in [0.15, 0.2) is 48.7 Å². The molecule has 4 rings (SSSR count). The standard InChI is InChI=1S/C32H38N4O4/c1-5-22(38)11-7-6-8-14-29(32-33-19-30(36-32)25-13-10-9-12-24(25)21(3)37)35-31(39)18-26-20(2)34-28-16-15-23(40-4)17-27(26)28/h9-10,12-13,15-17,19,29,34,36H,5-8,11,14,18H2,1-4H3,(H,35,39)/q+1/t29-/m0/s1. The Morgan fingerprint density at radius 1 is 1.07 bits per heavy atom. The zero-order chi connectivity index (χ0) is 28.6. The largest absolute Gasteiger partial charge is 0.497 e. The topological polar surface area (TPSA) is 114 Å². The molecule has 1 aliphatic heterocycles. The summed E-state index contributed by atoms with van der Waals surface area (Å²) in [7, 11) is 1.63. The molecule has 8 nitrogen and oxygen atoms in total. The molecule has 1 aromatic heterocycles. The maximum absolute atomic E-state index is 13.4. The van der Waals surface area contributed by atoms with Crippen LogP contribution >= 0.6 is 0 Å². The summed E-state index contributed by atoms with van der Waals surface area (Å²) in [5.74, 6) is 1.52. The van der Waals surface area contributed by atoms with E-state index in [1.165, 1.54) is 0 Å². The van der Waals surface area contributed by atoms with Gasteiger partial charge in [-0.05, 0) is 61.5 Å².